The van der Waals surface area contributed by atoms with Gasteiger partial charge in [0.15, 0.2) is 11.5 Å². The Labute approximate surface area is 95.8 Å². The number of aryl methyl sites for hydroxylation is 1. The van der Waals surface area contributed by atoms with E-state index in [9.17, 15) is 0 Å². The van der Waals surface area contributed by atoms with Crippen LogP contribution in [0.15, 0.2) is 18.5 Å². The number of aromatic nitrogens is 2. The van der Waals surface area contributed by atoms with Crippen molar-refractivity contribution in [1.29, 1.82) is 0 Å². The van der Waals surface area contributed by atoms with Crippen LogP contribution in [0.3, 0.4) is 0 Å². The summed E-state index contributed by atoms with van der Waals surface area (Å²) in [5, 5.41) is 0. The molecule has 0 bridgehead atoms. The number of pyridine rings is 1. The highest BCUT2D eigenvalue weighted by molar-refractivity contribution is 5.52. The molecule has 0 atom stereocenters. The Hall–Kier alpha value is -1.71. The maximum absolute atomic E-state index is 5.20. The predicted octanol–water partition coefficient (Wildman–Crippen LogP) is 2.69. The van der Waals surface area contributed by atoms with Crippen LogP contribution in [-0.4, -0.2) is 23.6 Å². The fraction of sp³-hybridized carbons (Fsp3) is 0.417. The average Bonchev–Trinajstić information content (AvgIpc) is 2.71. The van der Waals surface area contributed by atoms with E-state index in [0.717, 1.165) is 11.3 Å². The molecule has 0 radical (unpaired) electrons. The summed E-state index contributed by atoms with van der Waals surface area (Å²) in [4.78, 5) is 4.23. The van der Waals surface area contributed by atoms with Crippen molar-refractivity contribution in [3.8, 4) is 11.5 Å². The van der Waals surface area contributed by atoms with Gasteiger partial charge in [-0.25, -0.2) is 4.98 Å². The van der Waals surface area contributed by atoms with E-state index in [4.69, 9.17) is 9.47 Å². The average molecular weight is 222 g/mol. The van der Waals surface area contributed by atoms with Crippen molar-refractivity contribution >= 4 is 5.65 Å². The van der Waals surface area contributed by atoms with Gasteiger partial charge in [0, 0.05) is 18.0 Å². The summed E-state index contributed by atoms with van der Waals surface area (Å²) in [6.45, 7) is 5.99. The fourth-order valence-corrected chi connectivity index (χ4v) is 1.42. The number of imidazole rings is 1. The molecule has 0 saturated carbocycles. The molecular weight excluding hydrogens is 204 g/mol. The molecule has 0 aromatic carbocycles. The van der Waals surface area contributed by atoms with E-state index in [-0.39, 0.29) is 0 Å². The van der Waals surface area contributed by atoms with Crippen LogP contribution in [0.2, 0.25) is 0 Å². The minimum atomic E-state index is 0.700. The zero-order valence-electron chi connectivity index (χ0n) is 10.4. The molecule has 0 N–H and O–H groups in total. The van der Waals surface area contributed by atoms with Crippen LogP contribution in [0.25, 0.3) is 5.65 Å². The lowest BCUT2D eigenvalue weighted by atomic mass is 10.4. The monoisotopic (exact) mass is 222 g/mol. The van der Waals surface area contributed by atoms with E-state index in [1.807, 2.05) is 43.6 Å². The lowest BCUT2D eigenvalue weighted by Crippen LogP contribution is -1.95. The molecular formula is C12H18N2O2. The first-order chi connectivity index (χ1) is 7.76. The molecule has 2 heterocycles. The van der Waals surface area contributed by atoms with Crippen LogP contribution in [-0.2, 0) is 0 Å². The Morgan fingerprint density at radius 2 is 1.75 bits per heavy atom. The second-order valence-electron chi connectivity index (χ2n) is 3.04. The van der Waals surface area contributed by atoms with Gasteiger partial charge in [-0.15, -0.1) is 0 Å². The normalized spacial score (nSPS) is 9.56. The van der Waals surface area contributed by atoms with E-state index in [2.05, 4.69) is 4.98 Å². The molecule has 88 valence electrons. The van der Waals surface area contributed by atoms with Gasteiger partial charge >= 0.3 is 0 Å². The summed E-state index contributed by atoms with van der Waals surface area (Å²) >= 11 is 0. The smallest absolute Gasteiger partial charge is 0.177 e. The number of hydrogen-bond acceptors (Lipinski definition) is 3. The lowest BCUT2D eigenvalue weighted by Gasteiger charge is -2.07. The third-order valence-corrected chi connectivity index (χ3v) is 2.20. The van der Waals surface area contributed by atoms with Gasteiger partial charge in [-0.1, -0.05) is 13.8 Å². The van der Waals surface area contributed by atoms with E-state index in [0.29, 0.717) is 11.5 Å². The van der Waals surface area contributed by atoms with Crippen molar-refractivity contribution in [3.05, 3.63) is 24.2 Å². The molecule has 2 aromatic rings. The highest BCUT2D eigenvalue weighted by atomic mass is 16.5. The summed E-state index contributed by atoms with van der Waals surface area (Å²) in [5.41, 5.74) is 1.93. The molecule has 0 spiro atoms. The molecule has 0 aliphatic carbocycles. The summed E-state index contributed by atoms with van der Waals surface area (Å²) in [5.74, 6) is 1.41. The zero-order chi connectivity index (χ0) is 12.1. The number of ether oxygens (including phenoxy) is 2. The standard InChI is InChI=1S/C10H12N2O2.C2H6/c1-7-5-11-10-4-8(13-2)9(14-3)6-12(7)10;1-2/h4-6H,1-3H3;1-2H3. The highest BCUT2D eigenvalue weighted by Gasteiger charge is 2.07. The molecule has 4 heteroatoms. The van der Waals surface area contributed by atoms with Crippen molar-refractivity contribution in [3.63, 3.8) is 0 Å². The topological polar surface area (TPSA) is 35.8 Å². The maximum atomic E-state index is 5.20. The number of fused-ring (bicyclic) bond motifs is 1. The van der Waals surface area contributed by atoms with Crippen LogP contribution in [0.4, 0.5) is 0 Å². The van der Waals surface area contributed by atoms with Crippen molar-refractivity contribution in [1.82, 2.24) is 9.38 Å². The lowest BCUT2D eigenvalue weighted by molar-refractivity contribution is 0.353. The molecule has 0 unspecified atom stereocenters. The van der Waals surface area contributed by atoms with Crippen molar-refractivity contribution < 1.29 is 9.47 Å². The number of nitrogens with zero attached hydrogens (tertiary/aromatic N) is 2. The molecule has 16 heavy (non-hydrogen) atoms. The van der Waals surface area contributed by atoms with Gasteiger partial charge in [0.1, 0.15) is 5.65 Å². The molecule has 2 rings (SSSR count). The largest absolute Gasteiger partial charge is 0.493 e. The molecule has 0 saturated heterocycles. The first-order valence-corrected chi connectivity index (χ1v) is 5.32. The SMILES string of the molecule is CC.COc1cc2ncc(C)n2cc1OC. The first-order valence-electron chi connectivity index (χ1n) is 5.32. The molecule has 0 amide bonds. The van der Waals surface area contributed by atoms with Gasteiger partial charge < -0.3 is 13.9 Å². The second-order valence-corrected chi connectivity index (χ2v) is 3.04. The molecule has 2 aromatic heterocycles. The molecule has 4 nitrogen and oxygen atoms in total. The fourth-order valence-electron chi connectivity index (χ4n) is 1.42. The van der Waals surface area contributed by atoms with Gasteiger partial charge in [-0.05, 0) is 6.92 Å². The molecule has 0 aliphatic heterocycles. The Morgan fingerprint density at radius 3 is 2.31 bits per heavy atom. The van der Waals surface area contributed by atoms with Crippen molar-refractivity contribution in [2.75, 3.05) is 14.2 Å². The highest BCUT2D eigenvalue weighted by Crippen LogP contribution is 2.27. The number of methoxy groups -OCH3 is 2. The molecule has 0 fully saturated rings. The summed E-state index contributed by atoms with van der Waals surface area (Å²) in [7, 11) is 3.24. The maximum Gasteiger partial charge on any atom is 0.177 e. The van der Waals surface area contributed by atoms with Gasteiger partial charge in [0.05, 0.1) is 20.4 Å². The van der Waals surface area contributed by atoms with Gasteiger partial charge in [0.25, 0.3) is 0 Å². The Kier molecular flexibility index (Phi) is 4.17. The Morgan fingerprint density at radius 1 is 1.12 bits per heavy atom. The third-order valence-electron chi connectivity index (χ3n) is 2.20. The van der Waals surface area contributed by atoms with E-state index >= 15 is 0 Å². The quantitative estimate of drug-likeness (QED) is 0.783. The Balaban J connectivity index is 0.000000606. The van der Waals surface area contributed by atoms with Gasteiger partial charge in [-0.3, -0.25) is 0 Å². The second kappa shape index (κ2) is 5.39. The predicted molar refractivity (Wildman–Crippen MR) is 64.4 cm³/mol. The number of hydrogen-bond donors (Lipinski definition) is 0. The Bertz CT molecular complexity index is 463. The third kappa shape index (κ3) is 2.10. The van der Waals surface area contributed by atoms with E-state index in [1.54, 1.807) is 14.2 Å². The van der Waals surface area contributed by atoms with Crippen molar-refractivity contribution in [2.24, 2.45) is 0 Å². The van der Waals surface area contributed by atoms with E-state index in [1.165, 1.54) is 0 Å². The zero-order valence-corrected chi connectivity index (χ0v) is 10.4. The van der Waals surface area contributed by atoms with E-state index < -0.39 is 0 Å². The summed E-state index contributed by atoms with van der Waals surface area (Å²) < 4.78 is 12.3. The minimum absolute atomic E-state index is 0.700. The van der Waals surface area contributed by atoms with Crippen LogP contribution in [0, 0.1) is 6.92 Å². The molecule has 0 aliphatic rings. The minimum Gasteiger partial charge on any atom is -0.493 e. The van der Waals surface area contributed by atoms with Crippen LogP contribution in [0.1, 0.15) is 19.5 Å². The summed E-state index contributed by atoms with van der Waals surface area (Å²) in [6.07, 6.45) is 3.69. The first kappa shape index (κ1) is 12.4. The van der Waals surface area contributed by atoms with Gasteiger partial charge in [0.2, 0.25) is 0 Å². The number of rotatable bonds is 2. The van der Waals surface area contributed by atoms with Crippen LogP contribution < -0.4 is 9.47 Å². The van der Waals surface area contributed by atoms with Crippen LogP contribution in [0.5, 0.6) is 11.5 Å². The van der Waals surface area contributed by atoms with Gasteiger partial charge in [-0.2, -0.15) is 0 Å². The van der Waals surface area contributed by atoms with Crippen LogP contribution >= 0.6 is 0 Å². The summed E-state index contributed by atoms with van der Waals surface area (Å²) in [6, 6.07) is 1.85. The van der Waals surface area contributed by atoms with Crippen molar-refractivity contribution in [2.45, 2.75) is 20.8 Å².